The van der Waals surface area contributed by atoms with Crippen LogP contribution in [0, 0.1) is 0 Å². The minimum absolute atomic E-state index is 0.119. The number of hydrogen-bond donors (Lipinski definition) is 0. The van der Waals surface area contributed by atoms with Crippen molar-refractivity contribution >= 4 is 16.9 Å². The number of carbonyl (C=O) groups is 1. The summed E-state index contributed by atoms with van der Waals surface area (Å²) in [5.41, 5.74) is 0. The van der Waals surface area contributed by atoms with E-state index in [0.29, 0.717) is 6.42 Å². The summed E-state index contributed by atoms with van der Waals surface area (Å²) >= 11 is 1.27. The van der Waals surface area contributed by atoms with Crippen LogP contribution in [0.1, 0.15) is 19.8 Å². The second kappa shape index (κ2) is 6.08. The molecule has 0 aromatic rings. The number of carbonyl (C=O) groups excluding carboxylic acids is 1. The number of hydrogen-bond acceptors (Lipinski definition) is 2. The van der Waals surface area contributed by atoms with Crippen molar-refractivity contribution in [3.8, 4) is 0 Å². The highest BCUT2D eigenvalue weighted by atomic mass is 32.2. The van der Waals surface area contributed by atoms with Gasteiger partial charge in [-0.3, -0.25) is 9.18 Å². The topological polar surface area (TPSA) is 17.1 Å². The van der Waals surface area contributed by atoms with E-state index in [9.17, 15) is 9.18 Å². The molecule has 1 nitrogen and oxygen atoms in total. The van der Waals surface area contributed by atoms with Gasteiger partial charge in [-0.2, -0.15) is 0 Å². The van der Waals surface area contributed by atoms with Crippen molar-refractivity contribution < 1.29 is 9.18 Å². The summed E-state index contributed by atoms with van der Waals surface area (Å²) in [5, 5.41) is 0.119. The van der Waals surface area contributed by atoms with E-state index in [-0.39, 0.29) is 11.8 Å². The third-order valence-electron chi connectivity index (χ3n) is 0.833. The zero-order valence-electron chi connectivity index (χ0n) is 5.52. The molecule has 0 N–H and O–H groups in total. The molecule has 0 aromatic heterocycles. The molecule has 0 amide bonds. The lowest BCUT2D eigenvalue weighted by molar-refractivity contribution is -0.109. The highest BCUT2D eigenvalue weighted by Crippen LogP contribution is 2.04. The molecule has 3 heteroatoms. The molecule has 0 bridgehead atoms. The van der Waals surface area contributed by atoms with E-state index >= 15 is 0 Å². The first-order valence-corrected chi connectivity index (χ1v) is 3.95. The van der Waals surface area contributed by atoms with Crippen LogP contribution in [0.5, 0.6) is 0 Å². The molecule has 0 saturated heterocycles. The maximum absolute atomic E-state index is 11.4. The van der Waals surface area contributed by atoms with Crippen molar-refractivity contribution in [3.63, 3.8) is 0 Å². The number of alkyl halides is 1. The molecule has 0 saturated carbocycles. The number of unbranched alkanes of at least 4 members (excludes halogenated alkanes) is 1. The van der Waals surface area contributed by atoms with Gasteiger partial charge in [0.2, 0.25) is 0 Å². The van der Waals surface area contributed by atoms with Crippen molar-refractivity contribution in [2.75, 3.05) is 12.4 Å². The molecule has 0 radical (unpaired) electrons. The van der Waals surface area contributed by atoms with Gasteiger partial charge in [-0.25, -0.2) is 0 Å². The second-order valence-electron chi connectivity index (χ2n) is 1.74. The van der Waals surface area contributed by atoms with Crippen LogP contribution >= 0.6 is 11.8 Å². The molecule has 9 heavy (non-hydrogen) atoms. The smallest absolute Gasteiger partial charge is 0.185 e. The first kappa shape index (κ1) is 8.95. The zero-order valence-corrected chi connectivity index (χ0v) is 6.34. The van der Waals surface area contributed by atoms with Crippen LogP contribution in [0.15, 0.2) is 0 Å². The van der Waals surface area contributed by atoms with Gasteiger partial charge >= 0.3 is 0 Å². The Bertz CT molecular complexity index is 85.1. The van der Waals surface area contributed by atoms with Gasteiger partial charge in [-0.05, 0) is 12.8 Å². The fourth-order valence-electron chi connectivity index (χ4n) is 0.412. The molecular formula is C6H11FOS. The molecule has 0 atom stereocenters. The van der Waals surface area contributed by atoms with Crippen LogP contribution < -0.4 is 0 Å². The Morgan fingerprint density at radius 1 is 1.56 bits per heavy atom. The number of halogens is 1. The van der Waals surface area contributed by atoms with Crippen molar-refractivity contribution in [2.24, 2.45) is 0 Å². The summed E-state index contributed by atoms with van der Waals surface area (Å²) in [6.07, 6.45) is 1.39. The predicted molar refractivity (Wildman–Crippen MR) is 38.3 cm³/mol. The van der Waals surface area contributed by atoms with Crippen molar-refractivity contribution in [2.45, 2.75) is 19.8 Å². The van der Waals surface area contributed by atoms with E-state index in [4.69, 9.17) is 0 Å². The molecule has 0 fully saturated rings. The summed E-state index contributed by atoms with van der Waals surface area (Å²) in [4.78, 5) is 10.3. The quantitative estimate of drug-likeness (QED) is 0.570. The van der Waals surface area contributed by atoms with Gasteiger partial charge in [0.15, 0.2) is 5.12 Å². The van der Waals surface area contributed by atoms with Crippen molar-refractivity contribution in [1.29, 1.82) is 0 Å². The van der Waals surface area contributed by atoms with Crippen LogP contribution in [0.25, 0.3) is 0 Å². The zero-order chi connectivity index (χ0) is 7.11. The maximum atomic E-state index is 11.4. The van der Waals surface area contributed by atoms with Gasteiger partial charge in [0, 0.05) is 12.7 Å². The van der Waals surface area contributed by atoms with E-state index in [0.717, 1.165) is 12.2 Å². The van der Waals surface area contributed by atoms with Crippen LogP contribution in [0.3, 0.4) is 0 Å². The summed E-state index contributed by atoms with van der Waals surface area (Å²) in [5.74, 6) is 0.763. The molecule has 0 aliphatic rings. The van der Waals surface area contributed by atoms with Crippen LogP contribution in [0.4, 0.5) is 4.39 Å². The largest absolute Gasteiger partial charge is 0.288 e. The highest BCUT2D eigenvalue weighted by Gasteiger charge is 1.92. The van der Waals surface area contributed by atoms with Gasteiger partial charge in [0.1, 0.15) is 0 Å². The lowest BCUT2D eigenvalue weighted by atomic mass is 10.4. The third kappa shape index (κ3) is 7.95. The minimum atomic E-state index is -0.265. The summed E-state index contributed by atoms with van der Waals surface area (Å²) in [6, 6.07) is 0. The Hall–Kier alpha value is -0.0500. The summed E-state index contributed by atoms with van der Waals surface area (Å²) < 4.78 is 11.4. The highest BCUT2D eigenvalue weighted by molar-refractivity contribution is 8.13. The molecule has 54 valence electrons. The molecular weight excluding hydrogens is 139 g/mol. The molecule has 0 aliphatic heterocycles. The van der Waals surface area contributed by atoms with Gasteiger partial charge < -0.3 is 0 Å². The SMILES string of the molecule is CC(=O)SCCCCF. The molecule has 0 rings (SSSR count). The Morgan fingerprint density at radius 2 is 2.22 bits per heavy atom. The van der Waals surface area contributed by atoms with Crippen molar-refractivity contribution in [1.82, 2.24) is 0 Å². The lowest BCUT2D eigenvalue weighted by Crippen LogP contribution is -1.86. The average Bonchev–Trinajstić information content (AvgIpc) is 1.80. The van der Waals surface area contributed by atoms with Crippen LogP contribution in [-0.4, -0.2) is 17.5 Å². The van der Waals surface area contributed by atoms with Gasteiger partial charge in [-0.1, -0.05) is 11.8 Å². The standard InChI is InChI=1S/C6H11FOS/c1-6(8)9-5-3-2-4-7/h2-5H2,1H3. The lowest BCUT2D eigenvalue weighted by Gasteiger charge is -1.92. The molecule has 0 heterocycles. The normalized spacial score (nSPS) is 9.56. The number of thioether (sulfide) groups is 1. The second-order valence-corrected chi connectivity index (χ2v) is 3.01. The molecule has 0 aromatic carbocycles. The van der Waals surface area contributed by atoms with E-state index in [1.165, 1.54) is 18.7 Å². The minimum Gasteiger partial charge on any atom is -0.288 e. The Morgan fingerprint density at radius 3 is 2.67 bits per heavy atom. The first-order valence-electron chi connectivity index (χ1n) is 2.96. The van der Waals surface area contributed by atoms with Crippen LogP contribution in [-0.2, 0) is 4.79 Å². The van der Waals surface area contributed by atoms with Gasteiger partial charge in [-0.15, -0.1) is 0 Å². The Balaban J connectivity index is 2.83. The fraction of sp³-hybridized carbons (Fsp3) is 0.833. The monoisotopic (exact) mass is 150 g/mol. The summed E-state index contributed by atoms with van der Waals surface area (Å²) in [7, 11) is 0. The van der Waals surface area contributed by atoms with Crippen LogP contribution in [0.2, 0.25) is 0 Å². The van der Waals surface area contributed by atoms with E-state index in [2.05, 4.69) is 0 Å². The van der Waals surface area contributed by atoms with Gasteiger partial charge in [0.25, 0.3) is 0 Å². The summed E-state index contributed by atoms with van der Waals surface area (Å²) in [6.45, 7) is 1.26. The predicted octanol–water partition coefficient (Wildman–Crippen LogP) is 2.02. The third-order valence-corrected chi connectivity index (χ3v) is 1.73. The van der Waals surface area contributed by atoms with E-state index < -0.39 is 0 Å². The molecule has 0 aliphatic carbocycles. The Kier molecular flexibility index (Phi) is 6.04. The van der Waals surface area contributed by atoms with Gasteiger partial charge in [0.05, 0.1) is 6.67 Å². The van der Waals surface area contributed by atoms with E-state index in [1.807, 2.05) is 0 Å². The Labute approximate surface area is 59.0 Å². The number of rotatable bonds is 4. The van der Waals surface area contributed by atoms with Crippen molar-refractivity contribution in [3.05, 3.63) is 0 Å². The maximum Gasteiger partial charge on any atom is 0.185 e. The fourth-order valence-corrected chi connectivity index (χ4v) is 1.05. The average molecular weight is 150 g/mol. The molecule has 0 unspecified atom stereocenters. The van der Waals surface area contributed by atoms with E-state index in [1.54, 1.807) is 0 Å². The first-order chi connectivity index (χ1) is 4.27. The molecule has 0 spiro atoms.